The van der Waals surface area contributed by atoms with Gasteiger partial charge >= 0.3 is 6.03 Å². The first-order chi connectivity index (χ1) is 15.9. The highest BCUT2D eigenvalue weighted by Crippen LogP contribution is 2.43. The maximum Gasteiger partial charge on any atom is 0.322 e. The number of piperazine rings is 1. The number of nitrogens with one attached hydrogen (secondary N) is 3. The van der Waals surface area contributed by atoms with Crippen LogP contribution < -0.4 is 15.5 Å². The van der Waals surface area contributed by atoms with Crippen LogP contribution in [0.4, 0.5) is 14.9 Å². The number of benzene rings is 1. The summed E-state index contributed by atoms with van der Waals surface area (Å²) >= 11 is 0. The van der Waals surface area contributed by atoms with E-state index in [0.717, 1.165) is 29.7 Å². The zero-order valence-electron chi connectivity index (χ0n) is 18.4. The highest BCUT2D eigenvalue weighted by Gasteiger charge is 2.55. The minimum absolute atomic E-state index is 0.00595. The van der Waals surface area contributed by atoms with Gasteiger partial charge in [-0.2, -0.15) is 5.10 Å². The van der Waals surface area contributed by atoms with Gasteiger partial charge in [0.25, 0.3) is 5.91 Å². The van der Waals surface area contributed by atoms with Crippen LogP contribution in [0.2, 0.25) is 0 Å². The minimum atomic E-state index is -0.953. The van der Waals surface area contributed by atoms with Gasteiger partial charge in [-0.05, 0) is 55.9 Å². The van der Waals surface area contributed by atoms with Gasteiger partial charge in [0.15, 0.2) is 0 Å². The third-order valence-electron chi connectivity index (χ3n) is 7.00. The van der Waals surface area contributed by atoms with Crippen LogP contribution in [0.5, 0.6) is 0 Å². The minimum Gasteiger partial charge on any atom is -0.365 e. The van der Waals surface area contributed by atoms with Crippen LogP contribution in [0.15, 0.2) is 30.6 Å². The van der Waals surface area contributed by atoms with Crippen molar-refractivity contribution in [1.29, 1.82) is 0 Å². The van der Waals surface area contributed by atoms with Crippen molar-refractivity contribution in [2.24, 2.45) is 5.92 Å². The molecule has 0 radical (unpaired) electrons. The molecule has 3 N–H and O–H groups in total. The van der Waals surface area contributed by atoms with E-state index in [1.165, 1.54) is 12.1 Å². The molecule has 9 nitrogen and oxygen atoms in total. The van der Waals surface area contributed by atoms with Crippen LogP contribution in [0.1, 0.15) is 32.6 Å². The number of anilines is 1. The summed E-state index contributed by atoms with van der Waals surface area (Å²) in [6, 6.07) is 4.44. The van der Waals surface area contributed by atoms with E-state index in [4.69, 9.17) is 0 Å². The number of aromatic nitrogens is 2. The number of nitrogens with zero attached hydrogens (tertiary/aromatic N) is 3. The van der Waals surface area contributed by atoms with Gasteiger partial charge in [-0.15, -0.1) is 0 Å². The van der Waals surface area contributed by atoms with Gasteiger partial charge in [0.05, 0.1) is 6.20 Å². The van der Waals surface area contributed by atoms with Crippen molar-refractivity contribution in [2.75, 3.05) is 24.5 Å². The van der Waals surface area contributed by atoms with Crippen molar-refractivity contribution in [2.45, 2.75) is 44.2 Å². The molecular weight excluding hydrogens is 427 g/mol. The predicted octanol–water partition coefficient (Wildman–Crippen LogP) is 2.02. The van der Waals surface area contributed by atoms with Crippen molar-refractivity contribution in [3.05, 3.63) is 36.4 Å². The topological polar surface area (TPSA) is 110 Å². The first-order valence-electron chi connectivity index (χ1n) is 11.3. The van der Waals surface area contributed by atoms with Gasteiger partial charge in [-0.3, -0.25) is 20.0 Å². The maximum absolute atomic E-state index is 14.3. The molecule has 4 amide bonds. The van der Waals surface area contributed by atoms with Gasteiger partial charge in [0.2, 0.25) is 5.91 Å². The van der Waals surface area contributed by atoms with E-state index >= 15 is 0 Å². The Morgan fingerprint density at radius 1 is 1.21 bits per heavy atom. The van der Waals surface area contributed by atoms with E-state index in [1.807, 2.05) is 13.0 Å². The SMILES string of the molecule is C[C@H]1CN(C(=O)CCC2(C3CC3)NC(=O)NC2=O)CCN1c1cc(F)cc(-c2cn[nH]c2)c1. The van der Waals surface area contributed by atoms with Crippen molar-refractivity contribution < 1.29 is 18.8 Å². The molecule has 1 aromatic carbocycles. The second-order valence-electron chi connectivity index (χ2n) is 9.22. The summed E-state index contributed by atoms with van der Waals surface area (Å²) in [7, 11) is 0. The first kappa shape index (κ1) is 21.4. The Balaban J connectivity index is 1.23. The van der Waals surface area contributed by atoms with Crippen molar-refractivity contribution >= 4 is 23.5 Å². The van der Waals surface area contributed by atoms with E-state index in [9.17, 15) is 18.8 Å². The summed E-state index contributed by atoms with van der Waals surface area (Å²) in [6.45, 7) is 3.60. The molecule has 1 unspecified atom stereocenters. The number of carbonyl (C=O) groups is 3. The zero-order chi connectivity index (χ0) is 23.2. The van der Waals surface area contributed by atoms with Crippen LogP contribution in [0.25, 0.3) is 11.1 Å². The molecule has 1 saturated carbocycles. The summed E-state index contributed by atoms with van der Waals surface area (Å²) in [5, 5.41) is 11.8. The van der Waals surface area contributed by atoms with Crippen LogP contribution in [-0.2, 0) is 9.59 Å². The lowest BCUT2D eigenvalue weighted by Gasteiger charge is -2.41. The molecule has 1 aliphatic carbocycles. The van der Waals surface area contributed by atoms with Crippen molar-refractivity contribution in [1.82, 2.24) is 25.7 Å². The summed E-state index contributed by atoms with van der Waals surface area (Å²) < 4.78 is 14.3. The molecule has 2 saturated heterocycles. The molecule has 0 bridgehead atoms. The molecule has 0 spiro atoms. The zero-order valence-corrected chi connectivity index (χ0v) is 18.4. The third kappa shape index (κ3) is 4.05. The number of halogens is 1. The Kier molecular flexibility index (Phi) is 5.30. The highest BCUT2D eigenvalue weighted by atomic mass is 19.1. The third-order valence-corrected chi connectivity index (χ3v) is 7.00. The Hall–Kier alpha value is -3.43. The molecule has 2 aromatic rings. The van der Waals surface area contributed by atoms with E-state index in [-0.39, 0.29) is 36.0 Å². The molecule has 5 rings (SSSR count). The molecule has 2 atom stereocenters. The number of rotatable bonds is 6. The average molecular weight is 455 g/mol. The molecule has 10 heteroatoms. The Morgan fingerprint density at radius 2 is 2.03 bits per heavy atom. The summed E-state index contributed by atoms with van der Waals surface area (Å²) in [5.74, 6) is -0.573. The van der Waals surface area contributed by atoms with Gasteiger partial charge < -0.3 is 15.1 Å². The van der Waals surface area contributed by atoms with Gasteiger partial charge in [0.1, 0.15) is 11.4 Å². The molecule has 2 aliphatic heterocycles. The van der Waals surface area contributed by atoms with Crippen molar-refractivity contribution in [3.8, 4) is 11.1 Å². The second-order valence-corrected chi connectivity index (χ2v) is 9.22. The number of amides is 4. The quantitative estimate of drug-likeness (QED) is 0.579. The lowest BCUT2D eigenvalue weighted by molar-refractivity contribution is -0.133. The molecule has 33 heavy (non-hydrogen) atoms. The smallest absolute Gasteiger partial charge is 0.322 e. The number of hydrogen-bond donors (Lipinski definition) is 3. The molecule has 3 heterocycles. The standard InChI is InChI=1S/C23H27FN6O3/c1-14-13-29(20(31)4-5-23(17-2-3-17)21(32)27-22(33)28-23)6-7-30(14)19-9-15(8-18(24)10-19)16-11-25-26-12-16/h8-12,14,17H,2-7,13H2,1H3,(H,25,26)(H2,27,28,32,33)/t14-,23?/m0/s1. The Morgan fingerprint density at radius 3 is 2.67 bits per heavy atom. The van der Waals surface area contributed by atoms with E-state index in [0.29, 0.717) is 26.1 Å². The van der Waals surface area contributed by atoms with Gasteiger partial charge in [-0.1, -0.05) is 0 Å². The number of imide groups is 1. The number of H-pyrrole nitrogens is 1. The fourth-order valence-electron chi connectivity index (χ4n) is 5.09. The van der Waals surface area contributed by atoms with Gasteiger partial charge in [0, 0.05) is 49.5 Å². The number of aromatic amines is 1. The predicted molar refractivity (Wildman–Crippen MR) is 119 cm³/mol. The molecule has 3 fully saturated rings. The average Bonchev–Trinajstić information content (AvgIpc) is 3.40. The van der Waals surface area contributed by atoms with Crippen molar-refractivity contribution in [3.63, 3.8) is 0 Å². The van der Waals surface area contributed by atoms with E-state index in [2.05, 4.69) is 25.7 Å². The highest BCUT2D eigenvalue weighted by molar-refractivity contribution is 6.07. The van der Waals surface area contributed by atoms with Crippen LogP contribution >= 0.6 is 0 Å². The first-order valence-corrected chi connectivity index (χ1v) is 11.3. The Labute approximate surface area is 190 Å². The van der Waals surface area contributed by atoms with E-state index in [1.54, 1.807) is 17.3 Å². The lowest BCUT2D eigenvalue weighted by atomic mass is 9.87. The molecule has 174 valence electrons. The van der Waals surface area contributed by atoms with E-state index < -0.39 is 11.6 Å². The monoisotopic (exact) mass is 454 g/mol. The fraction of sp³-hybridized carbons (Fsp3) is 0.478. The Bertz CT molecular complexity index is 1090. The lowest BCUT2D eigenvalue weighted by Crippen LogP contribution is -2.54. The number of urea groups is 1. The fourth-order valence-corrected chi connectivity index (χ4v) is 5.09. The summed E-state index contributed by atoms with van der Waals surface area (Å²) in [5.41, 5.74) is 1.37. The molecule has 3 aliphatic rings. The van der Waals surface area contributed by atoms with Gasteiger partial charge in [-0.25, -0.2) is 9.18 Å². The maximum atomic E-state index is 14.3. The van der Waals surface area contributed by atoms with Crippen LogP contribution in [0.3, 0.4) is 0 Å². The largest absolute Gasteiger partial charge is 0.365 e. The molecular formula is C23H27FN6O3. The molecule has 1 aromatic heterocycles. The summed E-state index contributed by atoms with van der Waals surface area (Å²) in [4.78, 5) is 41.0. The van der Waals surface area contributed by atoms with Crippen LogP contribution in [-0.4, -0.2) is 64.2 Å². The normalized spacial score (nSPS) is 25.2. The number of carbonyl (C=O) groups excluding carboxylic acids is 3. The summed E-state index contributed by atoms with van der Waals surface area (Å²) in [6.07, 6.45) is 5.64. The van der Waals surface area contributed by atoms with Crippen LogP contribution in [0, 0.1) is 11.7 Å². The number of hydrogen-bond acceptors (Lipinski definition) is 5. The second kappa shape index (κ2) is 8.17.